The van der Waals surface area contributed by atoms with Gasteiger partial charge in [-0.25, -0.2) is 9.97 Å². The fraction of sp³-hybridized carbons (Fsp3) is 0.379. The highest BCUT2D eigenvalue weighted by atomic mass is 16.5. The molecule has 4 aromatic rings. The van der Waals surface area contributed by atoms with Crippen molar-refractivity contribution in [2.45, 2.75) is 33.1 Å². The topological polar surface area (TPSA) is 59.5 Å². The van der Waals surface area contributed by atoms with E-state index in [1.807, 2.05) is 12.1 Å². The number of fused-ring (bicyclic) bond motifs is 2. The van der Waals surface area contributed by atoms with E-state index in [0.717, 1.165) is 54.9 Å². The highest BCUT2D eigenvalue weighted by Crippen LogP contribution is 2.35. The van der Waals surface area contributed by atoms with Crippen LogP contribution < -0.4 is 14.8 Å². The molecule has 3 aromatic carbocycles. The van der Waals surface area contributed by atoms with E-state index in [-0.39, 0.29) is 0 Å². The van der Waals surface area contributed by atoms with Gasteiger partial charge in [0.15, 0.2) is 17.3 Å². The second-order valence-corrected chi connectivity index (χ2v) is 8.70. The highest BCUT2D eigenvalue weighted by Gasteiger charge is 2.14. The number of methoxy groups -OCH3 is 2. The molecule has 184 valence electrons. The molecule has 1 heterocycles. The Kier molecular flexibility index (Phi) is 8.37. The van der Waals surface area contributed by atoms with Gasteiger partial charge in [0, 0.05) is 23.6 Å². The minimum Gasteiger partial charge on any atom is -0.493 e. The lowest BCUT2D eigenvalue weighted by Gasteiger charge is -2.17. The first-order valence-corrected chi connectivity index (χ1v) is 12.6. The summed E-state index contributed by atoms with van der Waals surface area (Å²) in [7, 11) is 3.30. The van der Waals surface area contributed by atoms with Crippen LogP contribution in [0.25, 0.3) is 33.1 Å². The average Bonchev–Trinajstić information content (AvgIpc) is 2.91. The van der Waals surface area contributed by atoms with Crippen LogP contribution >= 0.6 is 0 Å². The van der Waals surface area contributed by atoms with E-state index < -0.39 is 0 Å². The van der Waals surface area contributed by atoms with E-state index in [1.165, 1.54) is 23.6 Å². The van der Waals surface area contributed by atoms with Gasteiger partial charge in [-0.05, 0) is 55.4 Å². The zero-order valence-electron chi connectivity index (χ0n) is 21.3. The Hall–Kier alpha value is -3.38. The van der Waals surface area contributed by atoms with Crippen molar-refractivity contribution in [2.75, 3.05) is 45.7 Å². The number of hydrogen-bond donors (Lipinski definition) is 1. The lowest BCUT2D eigenvalue weighted by atomic mass is 10.1. The summed E-state index contributed by atoms with van der Waals surface area (Å²) in [4.78, 5) is 12.3. The maximum absolute atomic E-state index is 5.55. The van der Waals surface area contributed by atoms with Crippen LogP contribution in [0.15, 0.2) is 54.6 Å². The molecule has 4 rings (SSSR count). The van der Waals surface area contributed by atoms with Crippen LogP contribution in [0.5, 0.6) is 11.5 Å². The summed E-state index contributed by atoms with van der Waals surface area (Å²) < 4.78 is 11.1. The minimum absolute atomic E-state index is 0.658. The normalized spacial score (nSPS) is 11.3. The number of unbranched alkanes of at least 4 members (excludes halogenated alkanes) is 2. The van der Waals surface area contributed by atoms with Crippen LogP contribution in [0.3, 0.4) is 0 Å². The van der Waals surface area contributed by atoms with Crippen molar-refractivity contribution >= 4 is 27.5 Å². The fourth-order valence-electron chi connectivity index (χ4n) is 4.43. The number of hydrogen-bond acceptors (Lipinski definition) is 6. The van der Waals surface area contributed by atoms with Crippen molar-refractivity contribution in [2.24, 2.45) is 0 Å². The van der Waals surface area contributed by atoms with Gasteiger partial charge in [0.25, 0.3) is 0 Å². The van der Waals surface area contributed by atoms with Gasteiger partial charge >= 0.3 is 0 Å². The Morgan fingerprint density at radius 3 is 2.29 bits per heavy atom. The Morgan fingerprint density at radius 2 is 1.54 bits per heavy atom. The molecule has 0 saturated carbocycles. The Bertz CT molecular complexity index is 1270. The first-order valence-electron chi connectivity index (χ1n) is 12.6. The number of nitrogens with one attached hydrogen (secondary N) is 1. The molecule has 0 atom stereocenters. The monoisotopic (exact) mass is 472 g/mol. The molecular weight excluding hydrogens is 436 g/mol. The summed E-state index contributed by atoms with van der Waals surface area (Å²) in [6.07, 6.45) is 3.48. The van der Waals surface area contributed by atoms with Gasteiger partial charge in [0.05, 0.1) is 19.7 Å². The van der Waals surface area contributed by atoms with E-state index >= 15 is 0 Å². The minimum atomic E-state index is 0.658. The molecule has 0 spiro atoms. The number of nitrogens with zero attached hydrogens (tertiary/aromatic N) is 3. The van der Waals surface area contributed by atoms with Gasteiger partial charge in [0.2, 0.25) is 0 Å². The third-order valence-corrected chi connectivity index (χ3v) is 6.55. The number of ether oxygens (including phenoxy) is 2. The molecule has 0 aliphatic heterocycles. The summed E-state index contributed by atoms with van der Waals surface area (Å²) in [5, 5.41) is 6.88. The van der Waals surface area contributed by atoms with E-state index in [1.54, 1.807) is 14.2 Å². The predicted molar refractivity (Wildman–Crippen MR) is 146 cm³/mol. The van der Waals surface area contributed by atoms with E-state index in [4.69, 9.17) is 19.4 Å². The molecule has 1 aromatic heterocycles. The van der Waals surface area contributed by atoms with Crippen molar-refractivity contribution < 1.29 is 9.47 Å². The third-order valence-electron chi connectivity index (χ3n) is 6.55. The van der Waals surface area contributed by atoms with Crippen LogP contribution in [0.2, 0.25) is 0 Å². The van der Waals surface area contributed by atoms with Gasteiger partial charge in [-0.2, -0.15) is 0 Å². The quantitative estimate of drug-likeness (QED) is 0.241. The Balaban J connectivity index is 1.61. The van der Waals surface area contributed by atoms with Gasteiger partial charge in [-0.3, -0.25) is 0 Å². The predicted octanol–water partition coefficient (Wildman–Crippen LogP) is 6.39. The molecule has 0 aliphatic carbocycles. The Labute approximate surface area is 208 Å². The second-order valence-electron chi connectivity index (χ2n) is 8.70. The number of rotatable bonds is 12. The van der Waals surface area contributed by atoms with Crippen LogP contribution in [0.4, 0.5) is 5.82 Å². The molecule has 0 bridgehead atoms. The zero-order chi connectivity index (χ0) is 24.6. The van der Waals surface area contributed by atoms with Crippen LogP contribution in [-0.4, -0.2) is 55.3 Å². The smallest absolute Gasteiger partial charge is 0.162 e. The first-order chi connectivity index (χ1) is 17.2. The summed E-state index contributed by atoms with van der Waals surface area (Å²) >= 11 is 0. The number of anilines is 1. The molecule has 6 nitrogen and oxygen atoms in total. The molecule has 0 unspecified atom stereocenters. The lowest BCUT2D eigenvalue weighted by molar-refractivity contribution is 0.296. The third kappa shape index (κ3) is 5.82. The van der Waals surface area contributed by atoms with E-state index in [0.29, 0.717) is 17.3 Å². The van der Waals surface area contributed by atoms with Gasteiger partial charge < -0.3 is 19.7 Å². The standard InChI is InChI=1S/C29H36N4O2/c1-5-33(6-2)17-11-7-10-16-30-29-24-19-26(34-3)27(35-4)20-25(24)31-28(32-29)23-15-14-21-12-8-9-13-22(21)18-23/h8-9,12-15,18-20H,5-7,10-11,16-17H2,1-4H3,(H,30,31,32). The SMILES string of the molecule is CCN(CC)CCCCCNc1nc(-c2ccc3ccccc3c2)nc2cc(OC)c(OC)cc12. The van der Waals surface area contributed by atoms with Crippen molar-refractivity contribution in [3.05, 3.63) is 54.6 Å². The molecule has 0 amide bonds. The van der Waals surface area contributed by atoms with E-state index in [2.05, 4.69) is 66.5 Å². The number of benzene rings is 3. The highest BCUT2D eigenvalue weighted by molar-refractivity contribution is 5.94. The van der Waals surface area contributed by atoms with Crippen molar-refractivity contribution in [1.82, 2.24) is 14.9 Å². The van der Waals surface area contributed by atoms with Crippen molar-refractivity contribution in [3.8, 4) is 22.9 Å². The van der Waals surface area contributed by atoms with Gasteiger partial charge in [-0.15, -0.1) is 0 Å². The number of aromatic nitrogens is 2. The molecule has 6 heteroatoms. The molecule has 0 aliphatic rings. The molecule has 0 fully saturated rings. The first kappa shape index (κ1) is 24.7. The Morgan fingerprint density at radius 1 is 0.800 bits per heavy atom. The summed E-state index contributed by atoms with van der Waals surface area (Å²) in [5.74, 6) is 2.84. The van der Waals surface area contributed by atoms with Crippen molar-refractivity contribution in [1.29, 1.82) is 0 Å². The second kappa shape index (κ2) is 11.8. The summed E-state index contributed by atoms with van der Waals surface area (Å²) in [6, 6.07) is 18.6. The van der Waals surface area contributed by atoms with Crippen LogP contribution in [0, 0.1) is 0 Å². The molecule has 1 N–H and O–H groups in total. The maximum Gasteiger partial charge on any atom is 0.162 e. The molecule has 0 radical (unpaired) electrons. The molecule has 0 saturated heterocycles. The van der Waals surface area contributed by atoms with E-state index in [9.17, 15) is 0 Å². The van der Waals surface area contributed by atoms with Crippen LogP contribution in [-0.2, 0) is 0 Å². The molecule has 35 heavy (non-hydrogen) atoms. The van der Waals surface area contributed by atoms with Gasteiger partial charge in [0.1, 0.15) is 5.82 Å². The fourth-order valence-corrected chi connectivity index (χ4v) is 4.43. The van der Waals surface area contributed by atoms with Crippen LogP contribution in [0.1, 0.15) is 33.1 Å². The lowest BCUT2D eigenvalue weighted by Crippen LogP contribution is -2.23. The van der Waals surface area contributed by atoms with Crippen molar-refractivity contribution in [3.63, 3.8) is 0 Å². The maximum atomic E-state index is 5.55. The summed E-state index contributed by atoms with van der Waals surface area (Å²) in [5.41, 5.74) is 1.81. The largest absolute Gasteiger partial charge is 0.493 e. The average molecular weight is 473 g/mol. The molecular formula is C29H36N4O2. The summed E-state index contributed by atoms with van der Waals surface area (Å²) in [6.45, 7) is 8.70. The van der Waals surface area contributed by atoms with Gasteiger partial charge in [-0.1, -0.05) is 56.7 Å². The zero-order valence-corrected chi connectivity index (χ0v) is 21.3.